The Kier molecular flexibility index (Phi) is 3.99. The zero-order valence-corrected chi connectivity index (χ0v) is 9.37. The fraction of sp³-hybridized carbons (Fsp3) is 0.417. The van der Waals surface area contributed by atoms with Gasteiger partial charge < -0.3 is 10.1 Å². The first-order valence-electron chi connectivity index (χ1n) is 4.95. The largest absolute Gasteiger partial charge is 0.495 e. The normalized spacial score (nSPS) is 11.6. The van der Waals surface area contributed by atoms with Crippen molar-refractivity contribution in [2.24, 2.45) is 5.92 Å². The summed E-state index contributed by atoms with van der Waals surface area (Å²) in [4.78, 5) is 0. The van der Waals surface area contributed by atoms with Gasteiger partial charge in [0.15, 0.2) is 0 Å². The van der Waals surface area contributed by atoms with E-state index in [-0.39, 0.29) is 5.92 Å². The average molecular weight is 204 g/mol. The summed E-state index contributed by atoms with van der Waals surface area (Å²) in [6.45, 7) is 4.55. The van der Waals surface area contributed by atoms with Crippen LogP contribution in [0.4, 0.5) is 5.69 Å². The van der Waals surface area contributed by atoms with Gasteiger partial charge in [0, 0.05) is 6.54 Å². The van der Waals surface area contributed by atoms with Crippen molar-refractivity contribution in [1.29, 1.82) is 5.26 Å². The van der Waals surface area contributed by atoms with Gasteiger partial charge >= 0.3 is 0 Å². The van der Waals surface area contributed by atoms with Crippen molar-refractivity contribution >= 4 is 5.69 Å². The lowest BCUT2D eigenvalue weighted by Gasteiger charge is -2.12. The third-order valence-corrected chi connectivity index (χ3v) is 2.17. The van der Waals surface area contributed by atoms with Gasteiger partial charge in [-0.05, 0) is 31.5 Å². The lowest BCUT2D eigenvalue weighted by Crippen LogP contribution is -2.10. The number of methoxy groups -OCH3 is 1. The maximum Gasteiger partial charge on any atom is 0.141 e. The Balaban J connectivity index is 2.75. The number of hydrogen-bond donors (Lipinski definition) is 1. The summed E-state index contributed by atoms with van der Waals surface area (Å²) < 4.78 is 5.22. The molecular formula is C12H16N2O. The van der Waals surface area contributed by atoms with E-state index >= 15 is 0 Å². The van der Waals surface area contributed by atoms with Crippen LogP contribution in [0.2, 0.25) is 0 Å². The minimum Gasteiger partial charge on any atom is -0.495 e. The van der Waals surface area contributed by atoms with Crippen LogP contribution in [0.5, 0.6) is 5.75 Å². The molecule has 0 aromatic heterocycles. The van der Waals surface area contributed by atoms with Gasteiger partial charge in [-0.1, -0.05) is 6.07 Å². The highest BCUT2D eigenvalue weighted by molar-refractivity contribution is 5.58. The van der Waals surface area contributed by atoms with Crippen molar-refractivity contribution in [2.75, 3.05) is 19.0 Å². The fourth-order valence-corrected chi connectivity index (χ4v) is 1.27. The zero-order chi connectivity index (χ0) is 11.3. The first kappa shape index (κ1) is 11.4. The van der Waals surface area contributed by atoms with Gasteiger partial charge in [0.05, 0.1) is 24.8 Å². The smallest absolute Gasteiger partial charge is 0.141 e. The Bertz CT molecular complexity index is 368. The van der Waals surface area contributed by atoms with Crippen LogP contribution in [0, 0.1) is 24.2 Å². The SMILES string of the molecule is COc1ccc(C)cc1NCC(C)C#N. The summed E-state index contributed by atoms with van der Waals surface area (Å²) in [6, 6.07) is 8.12. The third-order valence-electron chi connectivity index (χ3n) is 2.17. The third kappa shape index (κ3) is 3.17. The van der Waals surface area contributed by atoms with Crippen LogP contribution in [0.25, 0.3) is 0 Å². The summed E-state index contributed by atoms with van der Waals surface area (Å²) >= 11 is 0. The molecule has 80 valence electrons. The number of anilines is 1. The summed E-state index contributed by atoms with van der Waals surface area (Å²) in [5, 5.41) is 11.9. The second-order valence-corrected chi connectivity index (χ2v) is 3.61. The average Bonchev–Trinajstić information content (AvgIpc) is 2.26. The molecule has 0 aliphatic carbocycles. The van der Waals surface area contributed by atoms with Gasteiger partial charge in [0.2, 0.25) is 0 Å². The van der Waals surface area contributed by atoms with Crippen molar-refractivity contribution in [3.8, 4) is 11.8 Å². The molecule has 3 nitrogen and oxygen atoms in total. The number of nitrogens with one attached hydrogen (secondary N) is 1. The molecule has 0 amide bonds. The molecule has 1 atom stereocenters. The van der Waals surface area contributed by atoms with Crippen LogP contribution in [0.1, 0.15) is 12.5 Å². The first-order chi connectivity index (χ1) is 7.17. The van der Waals surface area contributed by atoms with Gasteiger partial charge in [-0.15, -0.1) is 0 Å². The molecule has 0 radical (unpaired) electrons. The fourth-order valence-electron chi connectivity index (χ4n) is 1.27. The summed E-state index contributed by atoms with van der Waals surface area (Å²) in [7, 11) is 1.64. The molecule has 0 aliphatic rings. The predicted octanol–water partition coefficient (Wildman–Crippen LogP) is 2.58. The van der Waals surface area contributed by atoms with Crippen LogP contribution in [0.15, 0.2) is 18.2 Å². The summed E-state index contributed by atoms with van der Waals surface area (Å²) in [5.41, 5.74) is 2.11. The molecule has 0 saturated carbocycles. The summed E-state index contributed by atoms with van der Waals surface area (Å²) in [6.07, 6.45) is 0. The Morgan fingerprint density at radius 2 is 2.27 bits per heavy atom. The van der Waals surface area contributed by atoms with Gasteiger partial charge in [-0.25, -0.2) is 0 Å². The van der Waals surface area contributed by atoms with Crippen LogP contribution < -0.4 is 10.1 Å². The standard InChI is InChI=1S/C12H16N2O/c1-9-4-5-12(15-3)11(6-9)14-8-10(2)7-13/h4-6,10,14H,8H2,1-3H3. The molecule has 0 bridgehead atoms. The van der Waals surface area contributed by atoms with Crippen LogP contribution >= 0.6 is 0 Å². The monoisotopic (exact) mass is 204 g/mol. The van der Waals surface area contributed by atoms with E-state index in [2.05, 4.69) is 11.4 Å². The highest BCUT2D eigenvalue weighted by Gasteiger charge is 2.04. The maximum atomic E-state index is 8.67. The van der Waals surface area contributed by atoms with Crippen molar-refractivity contribution in [2.45, 2.75) is 13.8 Å². The first-order valence-corrected chi connectivity index (χ1v) is 4.95. The van der Waals surface area contributed by atoms with E-state index in [1.807, 2.05) is 32.0 Å². The molecule has 1 rings (SSSR count). The maximum absolute atomic E-state index is 8.67. The van der Waals surface area contributed by atoms with Crippen LogP contribution in [0.3, 0.4) is 0 Å². The minimum atomic E-state index is -0.00443. The molecule has 0 heterocycles. The number of hydrogen-bond acceptors (Lipinski definition) is 3. The number of nitrogens with zero attached hydrogens (tertiary/aromatic N) is 1. The van der Waals surface area contributed by atoms with E-state index in [4.69, 9.17) is 10.00 Å². The van der Waals surface area contributed by atoms with Gasteiger partial charge in [-0.2, -0.15) is 5.26 Å². The number of benzene rings is 1. The minimum absolute atomic E-state index is 0.00443. The molecular weight excluding hydrogens is 188 g/mol. The zero-order valence-electron chi connectivity index (χ0n) is 9.37. The topological polar surface area (TPSA) is 45.0 Å². The molecule has 3 heteroatoms. The molecule has 1 aromatic carbocycles. The molecule has 0 saturated heterocycles. The Hall–Kier alpha value is -1.69. The second kappa shape index (κ2) is 5.26. The quantitative estimate of drug-likeness (QED) is 0.819. The van der Waals surface area contributed by atoms with Crippen molar-refractivity contribution < 1.29 is 4.74 Å². The molecule has 0 aliphatic heterocycles. The van der Waals surface area contributed by atoms with Crippen LogP contribution in [-0.2, 0) is 0 Å². The van der Waals surface area contributed by atoms with E-state index < -0.39 is 0 Å². The van der Waals surface area contributed by atoms with Crippen LogP contribution in [-0.4, -0.2) is 13.7 Å². The Morgan fingerprint density at radius 1 is 1.53 bits per heavy atom. The molecule has 1 aromatic rings. The lowest BCUT2D eigenvalue weighted by atomic mass is 10.1. The van der Waals surface area contributed by atoms with Gasteiger partial charge in [-0.3, -0.25) is 0 Å². The van der Waals surface area contributed by atoms with E-state index in [1.54, 1.807) is 7.11 Å². The summed E-state index contributed by atoms with van der Waals surface area (Å²) in [5.74, 6) is 0.806. The molecule has 0 fully saturated rings. The number of nitriles is 1. The van der Waals surface area contributed by atoms with E-state index in [9.17, 15) is 0 Å². The Labute approximate surface area is 90.7 Å². The van der Waals surface area contributed by atoms with E-state index in [0.29, 0.717) is 6.54 Å². The second-order valence-electron chi connectivity index (χ2n) is 3.61. The molecule has 15 heavy (non-hydrogen) atoms. The van der Waals surface area contributed by atoms with Crippen molar-refractivity contribution in [3.63, 3.8) is 0 Å². The molecule has 0 spiro atoms. The number of aryl methyl sites for hydroxylation is 1. The Morgan fingerprint density at radius 3 is 2.87 bits per heavy atom. The van der Waals surface area contributed by atoms with Crippen molar-refractivity contribution in [3.05, 3.63) is 23.8 Å². The molecule has 1 unspecified atom stereocenters. The molecule has 1 N–H and O–H groups in total. The van der Waals surface area contributed by atoms with Crippen molar-refractivity contribution in [1.82, 2.24) is 0 Å². The lowest BCUT2D eigenvalue weighted by molar-refractivity contribution is 0.416. The highest BCUT2D eigenvalue weighted by Crippen LogP contribution is 2.25. The van der Waals surface area contributed by atoms with E-state index in [0.717, 1.165) is 11.4 Å². The predicted molar refractivity (Wildman–Crippen MR) is 61.0 cm³/mol. The van der Waals surface area contributed by atoms with Gasteiger partial charge in [0.1, 0.15) is 5.75 Å². The highest BCUT2D eigenvalue weighted by atomic mass is 16.5. The number of ether oxygens (including phenoxy) is 1. The van der Waals surface area contributed by atoms with E-state index in [1.165, 1.54) is 5.56 Å². The van der Waals surface area contributed by atoms with Gasteiger partial charge in [0.25, 0.3) is 0 Å². The number of rotatable bonds is 4.